The van der Waals surface area contributed by atoms with E-state index in [1.54, 1.807) is 0 Å². The molecule has 4 aromatic rings. The number of rotatable bonds is 5. The molecule has 0 saturated heterocycles. The number of carbonyl (C=O) groups is 1. The van der Waals surface area contributed by atoms with E-state index >= 15 is 0 Å². The quantitative estimate of drug-likeness (QED) is 0.590. The first-order valence-corrected chi connectivity index (χ1v) is 8.70. The maximum atomic E-state index is 11.3. The Morgan fingerprint density at radius 3 is 2.74 bits per heavy atom. The zero-order valence-corrected chi connectivity index (χ0v) is 15.1. The maximum absolute atomic E-state index is 11.3. The normalized spacial score (nSPS) is 11.0. The van der Waals surface area contributed by atoms with Crippen LogP contribution in [-0.4, -0.2) is 32.3 Å². The molecule has 7 heteroatoms. The highest BCUT2D eigenvalue weighted by Crippen LogP contribution is 2.27. The van der Waals surface area contributed by atoms with Gasteiger partial charge in [0.05, 0.1) is 12.1 Å². The van der Waals surface area contributed by atoms with Gasteiger partial charge < -0.3 is 9.30 Å². The minimum Gasteiger partial charge on any atom is -0.492 e. The molecule has 2 aromatic carbocycles. The number of aryl methyl sites for hydroxylation is 1. The molecule has 2 heterocycles. The van der Waals surface area contributed by atoms with Gasteiger partial charge in [-0.05, 0) is 31.2 Å². The molecule has 0 radical (unpaired) electrons. The van der Waals surface area contributed by atoms with Crippen LogP contribution in [0.25, 0.3) is 22.1 Å². The Morgan fingerprint density at radius 1 is 1.15 bits per heavy atom. The number of amides is 1. The van der Waals surface area contributed by atoms with Crippen molar-refractivity contribution in [1.82, 2.24) is 19.7 Å². The zero-order chi connectivity index (χ0) is 18.8. The van der Waals surface area contributed by atoms with E-state index in [0.29, 0.717) is 24.3 Å². The van der Waals surface area contributed by atoms with Crippen LogP contribution in [-0.2, 0) is 11.3 Å². The maximum Gasteiger partial charge on any atom is 0.251 e. The number of carbonyl (C=O) groups excluding carboxylic acids is 1. The van der Waals surface area contributed by atoms with Crippen LogP contribution < -0.4 is 10.1 Å². The average Bonchev–Trinajstić information content (AvgIpc) is 2.95. The molecular formula is C20H19N5O2. The second-order valence-corrected chi connectivity index (χ2v) is 6.32. The average molecular weight is 361 g/mol. The van der Waals surface area contributed by atoms with Gasteiger partial charge in [0.1, 0.15) is 17.9 Å². The fourth-order valence-electron chi connectivity index (χ4n) is 3.08. The summed E-state index contributed by atoms with van der Waals surface area (Å²) in [4.78, 5) is 15.8. The second-order valence-electron chi connectivity index (χ2n) is 6.32. The van der Waals surface area contributed by atoms with Crippen LogP contribution >= 0.6 is 0 Å². The largest absolute Gasteiger partial charge is 0.492 e. The molecule has 0 saturated carbocycles. The summed E-state index contributed by atoms with van der Waals surface area (Å²) in [5.74, 6) is 0.780. The molecule has 7 nitrogen and oxygen atoms in total. The topological polar surface area (TPSA) is 81.9 Å². The van der Waals surface area contributed by atoms with Crippen LogP contribution in [0, 0.1) is 6.92 Å². The number of anilines is 1. The fourth-order valence-corrected chi connectivity index (χ4v) is 3.08. The van der Waals surface area contributed by atoms with Crippen molar-refractivity contribution in [2.24, 2.45) is 0 Å². The Bertz CT molecular complexity index is 1120. The van der Waals surface area contributed by atoms with Crippen LogP contribution in [0.4, 0.5) is 5.95 Å². The number of nitrogens with one attached hydrogen (secondary N) is 1. The Morgan fingerprint density at radius 2 is 1.96 bits per heavy atom. The van der Waals surface area contributed by atoms with Gasteiger partial charge in [-0.25, -0.2) is 0 Å². The number of hydrogen-bond acceptors (Lipinski definition) is 5. The summed E-state index contributed by atoms with van der Waals surface area (Å²) in [6, 6.07) is 15.9. The number of benzene rings is 2. The lowest BCUT2D eigenvalue weighted by molar-refractivity contribution is -0.114. The zero-order valence-electron chi connectivity index (χ0n) is 15.1. The van der Waals surface area contributed by atoms with Gasteiger partial charge in [0.15, 0.2) is 5.65 Å². The van der Waals surface area contributed by atoms with E-state index in [0.717, 1.165) is 22.2 Å². The molecule has 0 unspecified atom stereocenters. The summed E-state index contributed by atoms with van der Waals surface area (Å²) in [6.45, 7) is 4.53. The molecule has 0 fully saturated rings. The van der Waals surface area contributed by atoms with E-state index in [4.69, 9.17) is 4.74 Å². The van der Waals surface area contributed by atoms with Gasteiger partial charge in [-0.1, -0.05) is 29.8 Å². The highest BCUT2D eigenvalue weighted by Gasteiger charge is 2.15. The molecular weight excluding hydrogens is 342 g/mol. The summed E-state index contributed by atoms with van der Waals surface area (Å²) in [5, 5.41) is 11.9. The van der Waals surface area contributed by atoms with Gasteiger partial charge >= 0.3 is 0 Å². The molecule has 0 aliphatic heterocycles. The van der Waals surface area contributed by atoms with Crippen molar-refractivity contribution in [3.8, 4) is 5.75 Å². The smallest absolute Gasteiger partial charge is 0.251 e. The lowest BCUT2D eigenvalue weighted by Crippen LogP contribution is -2.12. The molecule has 1 amide bonds. The van der Waals surface area contributed by atoms with E-state index in [2.05, 4.69) is 38.7 Å². The molecule has 0 spiro atoms. The number of hydrogen-bond donors (Lipinski definition) is 1. The Hall–Kier alpha value is -3.48. The van der Waals surface area contributed by atoms with Crippen LogP contribution in [0.5, 0.6) is 5.75 Å². The summed E-state index contributed by atoms with van der Waals surface area (Å²) < 4.78 is 7.89. The SMILES string of the molecule is CC(=O)Nc1nnc2c3cc(C)ccc3n(CCOc3ccccc3)c2n1. The third-order valence-electron chi connectivity index (χ3n) is 4.24. The van der Waals surface area contributed by atoms with E-state index in [1.807, 2.05) is 41.8 Å². The predicted octanol–water partition coefficient (Wildman–Crippen LogP) is 3.33. The third-order valence-corrected chi connectivity index (χ3v) is 4.24. The minimum absolute atomic E-state index is 0.194. The van der Waals surface area contributed by atoms with Crippen LogP contribution in [0.1, 0.15) is 12.5 Å². The molecule has 0 bridgehead atoms. The Balaban J connectivity index is 1.74. The van der Waals surface area contributed by atoms with E-state index in [1.165, 1.54) is 6.92 Å². The number of ether oxygens (including phenoxy) is 1. The van der Waals surface area contributed by atoms with Crippen LogP contribution in [0.3, 0.4) is 0 Å². The molecule has 1 N–H and O–H groups in total. The van der Waals surface area contributed by atoms with Crippen molar-refractivity contribution >= 4 is 33.9 Å². The number of fused-ring (bicyclic) bond motifs is 3. The van der Waals surface area contributed by atoms with Crippen molar-refractivity contribution in [1.29, 1.82) is 0 Å². The highest BCUT2D eigenvalue weighted by atomic mass is 16.5. The van der Waals surface area contributed by atoms with Crippen LogP contribution in [0.15, 0.2) is 48.5 Å². The molecule has 27 heavy (non-hydrogen) atoms. The van der Waals surface area contributed by atoms with Crippen molar-refractivity contribution in [3.05, 3.63) is 54.1 Å². The summed E-state index contributed by atoms with van der Waals surface area (Å²) in [7, 11) is 0. The first-order chi connectivity index (χ1) is 13.1. The first-order valence-electron chi connectivity index (χ1n) is 8.70. The summed E-state index contributed by atoms with van der Waals surface area (Å²) in [6.07, 6.45) is 0. The first kappa shape index (κ1) is 17.0. The van der Waals surface area contributed by atoms with Gasteiger partial charge in [0.25, 0.3) is 5.95 Å². The monoisotopic (exact) mass is 361 g/mol. The molecule has 2 aromatic heterocycles. The standard InChI is InChI=1S/C20H19N5O2/c1-13-8-9-17-16(12-13)18-19(22-20(24-23-18)21-14(2)26)25(17)10-11-27-15-6-4-3-5-7-15/h3-9,12H,10-11H2,1-2H3,(H,21,22,24,26). The van der Waals surface area contributed by atoms with Gasteiger partial charge in [-0.15, -0.1) is 10.2 Å². The third kappa shape index (κ3) is 3.44. The molecule has 0 aliphatic carbocycles. The van der Waals surface area contributed by atoms with Gasteiger partial charge in [0.2, 0.25) is 5.91 Å². The van der Waals surface area contributed by atoms with Gasteiger partial charge in [0, 0.05) is 12.3 Å². The lowest BCUT2D eigenvalue weighted by Gasteiger charge is -2.09. The summed E-state index contributed by atoms with van der Waals surface area (Å²) >= 11 is 0. The second kappa shape index (κ2) is 7.03. The van der Waals surface area contributed by atoms with E-state index < -0.39 is 0 Å². The number of nitrogens with zero attached hydrogens (tertiary/aromatic N) is 4. The number of para-hydroxylation sites is 1. The van der Waals surface area contributed by atoms with Gasteiger partial charge in [-0.3, -0.25) is 10.1 Å². The summed E-state index contributed by atoms with van der Waals surface area (Å²) in [5.41, 5.74) is 3.53. The molecule has 0 aliphatic rings. The highest BCUT2D eigenvalue weighted by molar-refractivity contribution is 6.04. The van der Waals surface area contributed by atoms with Crippen molar-refractivity contribution in [3.63, 3.8) is 0 Å². The molecule has 136 valence electrons. The predicted molar refractivity (Wildman–Crippen MR) is 104 cm³/mol. The van der Waals surface area contributed by atoms with E-state index in [9.17, 15) is 4.79 Å². The molecule has 0 atom stereocenters. The minimum atomic E-state index is -0.234. The molecule has 4 rings (SSSR count). The van der Waals surface area contributed by atoms with Crippen LogP contribution in [0.2, 0.25) is 0 Å². The Labute approximate surface area is 156 Å². The fraction of sp³-hybridized carbons (Fsp3) is 0.200. The van der Waals surface area contributed by atoms with Crippen molar-refractivity contribution in [2.75, 3.05) is 11.9 Å². The van der Waals surface area contributed by atoms with Crippen molar-refractivity contribution in [2.45, 2.75) is 20.4 Å². The lowest BCUT2D eigenvalue weighted by atomic mass is 10.2. The van der Waals surface area contributed by atoms with E-state index in [-0.39, 0.29) is 11.9 Å². The van der Waals surface area contributed by atoms with Crippen molar-refractivity contribution < 1.29 is 9.53 Å². The number of aromatic nitrogens is 4. The van der Waals surface area contributed by atoms with Gasteiger partial charge in [-0.2, -0.15) is 4.98 Å². The Kier molecular flexibility index (Phi) is 4.42.